The third-order valence-corrected chi connectivity index (χ3v) is 5.32. The number of imidazole rings is 1. The van der Waals surface area contributed by atoms with Gasteiger partial charge < -0.3 is 0 Å². The summed E-state index contributed by atoms with van der Waals surface area (Å²) in [7, 11) is 0. The number of allylic oxidation sites excluding steroid dienone is 1. The van der Waals surface area contributed by atoms with Crippen LogP contribution in [0.4, 0.5) is 0 Å². The Morgan fingerprint density at radius 1 is 1.23 bits per heavy atom. The lowest BCUT2D eigenvalue weighted by Crippen LogP contribution is -2.41. The predicted octanol–water partition coefficient (Wildman–Crippen LogP) is 4.11. The first-order valence-corrected chi connectivity index (χ1v) is 9.64. The summed E-state index contributed by atoms with van der Waals surface area (Å²) in [4.78, 5) is 17.3. The van der Waals surface area contributed by atoms with Crippen LogP contribution in [0.25, 0.3) is 5.65 Å². The van der Waals surface area contributed by atoms with E-state index in [0.717, 1.165) is 47.6 Å². The van der Waals surface area contributed by atoms with Gasteiger partial charge in [-0.15, -0.1) is 0 Å². The van der Waals surface area contributed by atoms with Crippen LogP contribution in [0.15, 0.2) is 41.6 Å². The van der Waals surface area contributed by atoms with E-state index in [-0.39, 0.29) is 11.9 Å². The van der Waals surface area contributed by atoms with Crippen LogP contribution in [0.3, 0.4) is 0 Å². The van der Waals surface area contributed by atoms with Crippen molar-refractivity contribution >= 4 is 17.3 Å². The summed E-state index contributed by atoms with van der Waals surface area (Å²) in [6.07, 6.45) is 9.74. The van der Waals surface area contributed by atoms with Crippen LogP contribution in [-0.4, -0.2) is 32.1 Å². The van der Waals surface area contributed by atoms with Crippen molar-refractivity contribution in [3.63, 3.8) is 0 Å². The summed E-state index contributed by atoms with van der Waals surface area (Å²) in [6.45, 7) is 6.08. The Hall–Kier alpha value is -2.43. The minimum Gasteiger partial charge on any atom is -0.298 e. The number of carbonyl (C=O) groups is 1. The first-order chi connectivity index (χ1) is 12.6. The SMILES string of the molecule is C=C(C)Cc1nc2ccccn2c1C1=NN(C2CCCCC2)C(=O)CC1. The summed E-state index contributed by atoms with van der Waals surface area (Å²) in [5, 5.41) is 6.64. The Kier molecular flexibility index (Phi) is 4.62. The first-order valence-electron chi connectivity index (χ1n) is 9.64. The van der Waals surface area contributed by atoms with Gasteiger partial charge in [0.2, 0.25) is 5.91 Å². The molecule has 1 aliphatic heterocycles. The zero-order chi connectivity index (χ0) is 18.1. The van der Waals surface area contributed by atoms with E-state index in [4.69, 9.17) is 10.1 Å². The number of nitrogens with zero attached hydrogens (tertiary/aromatic N) is 4. The molecular weight excluding hydrogens is 324 g/mol. The standard InChI is InChI=1S/C21H26N4O/c1-15(2)14-18-21(24-13-7-6-10-19(24)22-18)17-11-12-20(26)25(23-17)16-8-4-3-5-9-16/h6-7,10,13,16H,1,3-5,8-9,11-12,14H2,2H3. The van der Waals surface area contributed by atoms with E-state index in [9.17, 15) is 4.79 Å². The molecule has 2 aromatic heterocycles. The van der Waals surface area contributed by atoms with E-state index in [2.05, 4.69) is 11.0 Å². The van der Waals surface area contributed by atoms with Gasteiger partial charge in [0, 0.05) is 25.5 Å². The van der Waals surface area contributed by atoms with Gasteiger partial charge in [0.25, 0.3) is 0 Å². The zero-order valence-corrected chi connectivity index (χ0v) is 15.4. The van der Waals surface area contributed by atoms with Crippen molar-refractivity contribution in [1.82, 2.24) is 14.4 Å². The molecule has 5 nitrogen and oxygen atoms in total. The molecule has 0 unspecified atom stereocenters. The Balaban J connectivity index is 1.77. The van der Waals surface area contributed by atoms with Gasteiger partial charge >= 0.3 is 0 Å². The second kappa shape index (κ2) is 7.06. The fourth-order valence-corrected chi connectivity index (χ4v) is 4.11. The molecule has 1 saturated carbocycles. The molecule has 0 spiro atoms. The van der Waals surface area contributed by atoms with Crippen molar-refractivity contribution in [3.8, 4) is 0 Å². The van der Waals surface area contributed by atoms with Crippen molar-refractivity contribution in [3.05, 3.63) is 47.9 Å². The number of hydrazone groups is 1. The average molecular weight is 350 g/mol. The third kappa shape index (κ3) is 3.18. The Bertz CT molecular complexity index is 873. The lowest BCUT2D eigenvalue weighted by atomic mass is 9.94. The van der Waals surface area contributed by atoms with Crippen LogP contribution in [0.2, 0.25) is 0 Å². The molecule has 0 saturated heterocycles. The van der Waals surface area contributed by atoms with Crippen molar-refractivity contribution in [2.45, 2.75) is 64.3 Å². The minimum absolute atomic E-state index is 0.163. The molecule has 136 valence electrons. The number of amides is 1. The van der Waals surface area contributed by atoms with Gasteiger partial charge in [-0.3, -0.25) is 9.20 Å². The molecule has 1 fully saturated rings. The van der Waals surface area contributed by atoms with Crippen LogP contribution in [0.5, 0.6) is 0 Å². The molecule has 1 amide bonds. The second-order valence-electron chi connectivity index (χ2n) is 7.55. The highest BCUT2D eigenvalue weighted by molar-refractivity contribution is 6.04. The lowest BCUT2D eigenvalue weighted by molar-refractivity contribution is -0.134. The van der Waals surface area contributed by atoms with Crippen molar-refractivity contribution in [2.24, 2.45) is 5.10 Å². The Morgan fingerprint density at radius 2 is 2.04 bits per heavy atom. The number of hydrogen-bond donors (Lipinski definition) is 0. The summed E-state index contributed by atoms with van der Waals surface area (Å²) in [5.74, 6) is 0.163. The summed E-state index contributed by atoms with van der Waals surface area (Å²) < 4.78 is 2.10. The monoisotopic (exact) mass is 350 g/mol. The molecule has 0 N–H and O–H groups in total. The maximum Gasteiger partial charge on any atom is 0.243 e. The third-order valence-electron chi connectivity index (χ3n) is 5.32. The predicted molar refractivity (Wildman–Crippen MR) is 103 cm³/mol. The van der Waals surface area contributed by atoms with E-state index in [1.54, 1.807) is 5.01 Å². The zero-order valence-electron chi connectivity index (χ0n) is 15.4. The molecular formula is C21H26N4O. The van der Waals surface area contributed by atoms with E-state index in [1.165, 1.54) is 19.3 Å². The van der Waals surface area contributed by atoms with Gasteiger partial charge in [0.1, 0.15) is 5.65 Å². The molecule has 2 aliphatic rings. The molecule has 0 radical (unpaired) electrons. The maximum absolute atomic E-state index is 12.5. The van der Waals surface area contributed by atoms with Gasteiger partial charge in [-0.2, -0.15) is 5.10 Å². The average Bonchev–Trinajstić information content (AvgIpc) is 3.00. The minimum atomic E-state index is 0.163. The molecule has 26 heavy (non-hydrogen) atoms. The number of aromatic nitrogens is 2. The topological polar surface area (TPSA) is 50.0 Å². The number of hydrogen-bond acceptors (Lipinski definition) is 3. The maximum atomic E-state index is 12.5. The van der Waals surface area contributed by atoms with Crippen molar-refractivity contribution in [1.29, 1.82) is 0 Å². The van der Waals surface area contributed by atoms with Crippen LogP contribution in [0, 0.1) is 0 Å². The van der Waals surface area contributed by atoms with E-state index >= 15 is 0 Å². The van der Waals surface area contributed by atoms with Crippen LogP contribution >= 0.6 is 0 Å². The number of carbonyl (C=O) groups excluding carboxylic acids is 1. The first kappa shape index (κ1) is 17.0. The fraction of sp³-hybridized carbons (Fsp3) is 0.476. The van der Waals surface area contributed by atoms with Crippen LogP contribution < -0.4 is 0 Å². The molecule has 0 aromatic carbocycles. The quantitative estimate of drug-likeness (QED) is 0.779. The Labute approximate surface area is 154 Å². The summed E-state index contributed by atoms with van der Waals surface area (Å²) in [6, 6.07) is 6.28. The Morgan fingerprint density at radius 3 is 2.81 bits per heavy atom. The summed E-state index contributed by atoms with van der Waals surface area (Å²) in [5.41, 5.74) is 5.01. The van der Waals surface area contributed by atoms with Gasteiger partial charge in [-0.1, -0.05) is 37.5 Å². The van der Waals surface area contributed by atoms with E-state index in [1.807, 2.05) is 31.3 Å². The van der Waals surface area contributed by atoms with E-state index in [0.29, 0.717) is 12.8 Å². The van der Waals surface area contributed by atoms with Gasteiger partial charge in [-0.25, -0.2) is 9.99 Å². The normalized spacial score (nSPS) is 19.0. The molecule has 0 atom stereocenters. The number of pyridine rings is 1. The largest absolute Gasteiger partial charge is 0.298 e. The molecule has 5 heteroatoms. The second-order valence-corrected chi connectivity index (χ2v) is 7.55. The molecule has 0 bridgehead atoms. The molecule has 2 aromatic rings. The highest BCUT2D eigenvalue weighted by Gasteiger charge is 2.30. The summed E-state index contributed by atoms with van der Waals surface area (Å²) >= 11 is 0. The lowest BCUT2D eigenvalue weighted by Gasteiger charge is -2.33. The van der Waals surface area contributed by atoms with Crippen molar-refractivity contribution in [2.75, 3.05) is 0 Å². The fourth-order valence-electron chi connectivity index (χ4n) is 4.11. The van der Waals surface area contributed by atoms with E-state index < -0.39 is 0 Å². The highest BCUT2D eigenvalue weighted by atomic mass is 16.2. The molecule has 4 rings (SSSR count). The number of rotatable bonds is 4. The van der Waals surface area contributed by atoms with Gasteiger partial charge in [0.05, 0.1) is 23.1 Å². The van der Waals surface area contributed by atoms with Crippen molar-refractivity contribution < 1.29 is 4.79 Å². The van der Waals surface area contributed by atoms with Crippen LogP contribution in [0.1, 0.15) is 63.3 Å². The van der Waals surface area contributed by atoms with Gasteiger partial charge in [0.15, 0.2) is 0 Å². The molecule has 1 aliphatic carbocycles. The van der Waals surface area contributed by atoms with Crippen LogP contribution in [-0.2, 0) is 11.2 Å². The smallest absolute Gasteiger partial charge is 0.243 e. The highest BCUT2D eigenvalue weighted by Crippen LogP contribution is 2.28. The molecule has 3 heterocycles. The number of fused-ring (bicyclic) bond motifs is 1. The van der Waals surface area contributed by atoms with Gasteiger partial charge in [-0.05, 0) is 31.9 Å².